The number of hydrogen-bond acceptors (Lipinski definition) is 3. The molecule has 18 heavy (non-hydrogen) atoms. The second-order valence-corrected chi connectivity index (χ2v) is 5.26. The van der Waals surface area contributed by atoms with Gasteiger partial charge in [0.2, 0.25) is 0 Å². The highest BCUT2D eigenvalue weighted by Gasteiger charge is 2.21. The summed E-state index contributed by atoms with van der Waals surface area (Å²) < 4.78 is 0. The lowest BCUT2D eigenvalue weighted by Gasteiger charge is -2.20. The SMILES string of the molecule is CCCNCc1ccc(N2CCC(O)C2)c(Cl)c1. The third-order valence-corrected chi connectivity index (χ3v) is 3.57. The fraction of sp³-hybridized carbons (Fsp3) is 0.571. The Morgan fingerprint density at radius 1 is 1.50 bits per heavy atom. The summed E-state index contributed by atoms with van der Waals surface area (Å²) in [7, 11) is 0. The summed E-state index contributed by atoms with van der Waals surface area (Å²) in [4.78, 5) is 2.15. The summed E-state index contributed by atoms with van der Waals surface area (Å²) in [5, 5.41) is 13.7. The molecular weight excluding hydrogens is 248 g/mol. The van der Waals surface area contributed by atoms with Gasteiger partial charge in [0.05, 0.1) is 16.8 Å². The van der Waals surface area contributed by atoms with Crippen molar-refractivity contribution in [3.8, 4) is 0 Å². The Labute approximate surface area is 114 Å². The summed E-state index contributed by atoms with van der Waals surface area (Å²) in [6.45, 7) is 5.61. The molecule has 0 amide bonds. The first kappa shape index (κ1) is 13.7. The summed E-state index contributed by atoms with van der Waals surface area (Å²) in [6.07, 6.45) is 1.75. The molecule has 1 heterocycles. The van der Waals surface area contributed by atoms with Gasteiger partial charge in [0.15, 0.2) is 0 Å². The van der Waals surface area contributed by atoms with Crippen molar-refractivity contribution in [3.63, 3.8) is 0 Å². The van der Waals surface area contributed by atoms with Gasteiger partial charge >= 0.3 is 0 Å². The predicted octanol–water partition coefficient (Wildman–Crippen LogP) is 2.41. The Hall–Kier alpha value is -0.770. The number of aliphatic hydroxyl groups is 1. The summed E-state index contributed by atoms with van der Waals surface area (Å²) in [6, 6.07) is 6.18. The van der Waals surface area contributed by atoms with Crippen LogP contribution >= 0.6 is 11.6 Å². The number of halogens is 1. The topological polar surface area (TPSA) is 35.5 Å². The van der Waals surface area contributed by atoms with Crippen molar-refractivity contribution in [2.75, 3.05) is 24.5 Å². The molecule has 1 saturated heterocycles. The van der Waals surface area contributed by atoms with E-state index >= 15 is 0 Å². The van der Waals surface area contributed by atoms with Crippen molar-refractivity contribution in [1.82, 2.24) is 5.32 Å². The van der Waals surface area contributed by atoms with E-state index < -0.39 is 0 Å². The number of rotatable bonds is 5. The van der Waals surface area contributed by atoms with Crippen LogP contribution in [0.4, 0.5) is 5.69 Å². The molecule has 1 atom stereocenters. The molecule has 0 bridgehead atoms. The standard InChI is InChI=1S/C14H21ClN2O/c1-2-6-16-9-11-3-4-14(13(15)8-11)17-7-5-12(18)10-17/h3-4,8,12,16,18H,2,5-7,9-10H2,1H3. The predicted molar refractivity (Wildman–Crippen MR) is 76.3 cm³/mol. The Bertz CT molecular complexity index is 397. The number of hydrogen-bond donors (Lipinski definition) is 2. The molecule has 0 aliphatic carbocycles. The lowest BCUT2D eigenvalue weighted by atomic mass is 10.2. The molecule has 1 aromatic carbocycles. The maximum atomic E-state index is 9.55. The number of anilines is 1. The lowest BCUT2D eigenvalue weighted by molar-refractivity contribution is 0.198. The van der Waals surface area contributed by atoms with Crippen LogP contribution in [0.1, 0.15) is 25.3 Å². The number of nitrogens with one attached hydrogen (secondary N) is 1. The number of β-amino-alcohol motifs (C(OH)–C–C–N with tert-alkyl or cyclic N) is 1. The van der Waals surface area contributed by atoms with Crippen molar-refractivity contribution in [2.45, 2.75) is 32.4 Å². The fourth-order valence-electron chi connectivity index (χ4n) is 2.29. The van der Waals surface area contributed by atoms with Gasteiger partial charge in [-0.05, 0) is 37.1 Å². The van der Waals surface area contributed by atoms with Crippen LogP contribution in [0.15, 0.2) is 18.2 Å². The van der Waals surface area contributed by atoms with E-state index in [1.54, 1.807) is 0 Å². The zero-order chi connectivity index (χ0) is 13.0. The van der Waals surface area contributed by atoms with Crippen molar-refractivity contribution >= 4 is 17.3 Å². The fourth-order valence-corrected chi connectivity index (χ4v) is 2.61. The van der Waals surface area contributed by atoms with Crippen LogP contribution in [0.5, 0.6) is 0 Å². The highest BCUT2D eigenvalue weighted by molar-refractivity contribution is 6.33. The van der Waals surface area contributed by atoms with E-state index in [0.717, 1.165) is 43.2 Å². The highest BCUT2D eigenvalue weighted by Crippen LogP contribution is 2.29. The smallest absolute Gasteiger partial charge is 0.0731 e. The minimum Gasteiger partial charge on any atom is -0.391 e. The molecule has 3 nitrogen and oxygen atoms in total. The van der Waals surface area contributed by atoms with Gasteiger partial charge in [0.1, 0.15) is 0 Å². The van der Waals surface area contributed by atoms with Crippen LogP contribution in [0, 0.1) is 0 Å². The van der Waals surface area contributed by atoms with Gasteiger partial charge in [-0.2, -0.15) is 0 Å². The molecule has 1 fully saturated rings. The van der Waals surface area contributed by atoms with Crippen molar-refractivity contribution in [2.24, 2.45) is 0 Å². The van der Waals surface area contributed by atoms with E-state index in [-0.39, 0.29) is 6.10 Å². The van der Waals surface area contributed by atoms with Gasteiger partial charge in [-0.25, -0.2) is 0 Å². The molecule has 1 aliphatic heterocycles. The maximum Gasteiger partial charge on any atom is 0.0731 e. The van der Waals surface area contributed by atoms with Gasteiger partial charge in [0, 0.05) is 19.6 Å². The minimum absolute atomic E-state index is 0.216. The average molecular weight is 269 g/mol. The van der Waals surface area contributed by atoms with Crippen LogP contribution in [0.3, 0.4) is 0 Å². The summed E-state index contributed by atoms with van der Waals surface area (Å²) in [5.41, 5.74) is 2.24. The van der Waals surface area contributed by atoms with Gasteiger partial charge in [-0.3, -0.25) is 0 Å². The van der Waals surface area contributed by atoms with Gasteiger partial charge < -0.3 is 15.3 Å². The molecule has 0 aromatic heterocycles. The number of aliphatic hydroxyl groups excluding tert-OH is 1. The van der Waals surface area contributed by atoms with E-state index in [1.165, 1.54) is 5.56 Å². The second kappa shape index (κ2) is 6.41. The largest absolute Gasteiger partial charge is 0.391 e. The van der Waals surface area contributed by atoms with E-state index in [0.29, 0.717) is 6.54 Å². The zero-order valence-corrected chi connectivity index (χ0v) is 11.6. The molecule has 0 radical (unpaired) electrons. The average Bonchev–Trinajstić information content (AvgIpc) is 2.76. The summed E-state index contributed by atoms with van der Waals surface area (Å²) in [5.74, 6) is 0. The molecule has 1 aliphatic rings. The zero-order valence-electron chi connectivity index (χ0n) is 10.8. The van der Waals surface area contributed by atoms with Crippen molar-refractivity contribution in [3.05, 3.63) is 28.8 Å². The Balaban J connectivity index is 2.01. The van der Waals surface area contributed by atoms with E-state index in [1.807, 2.05) is 6.07 Å². The van der Waals surface area contributed by atoms with Crippen molar-refractivity contribution in [1.29, 1.82) is 0 Å². The minimum atomic E-state index is -0.216. The van der Waals surface area contributed by atoms with Crippen LogP contribution < -0.4 is 10.2 Å². The van der Waals surface area contributed by atoms with Crippen LogP contribution in [0.2, 0.25) is 5.02 Å². The molecule has 2 N–H and O–H groups in total. The Kier molecular flexibility index (Phi) is 4.87. The Morgan fingerprint density at radius 3 is 2.94 bits per heavy atom. The first-order valence-corrected chi connectivity index (χ1v) is 7.00. The van der Waals surface area contributed by atoms with Gasteiger partial charge in [0.25, 0.3) is 0 Å². The lowest BCUT2D eigenvalue weighted by Crippen LogP contribution is -2.21. The molecule has 1 aromatic rings. The quantitative estimate of drug-likeness (QED) is 0.805. The van der Waals surface area contributed by atoms with Gasteiger partial charge in [-0.15, -0.1) is 0 Å². The van der Waals surface area contributed by atoms with E-state index in [2.05, 4.69) is 29.3 Å². The first-order valence-electron chi connectivity index (χ1n) is 6.63. The number of benzene rings is 1. The molecule has 0 saturated carbocycles. The molecule has 0 spiro atoms. The number of nitrogens with zero attached hydrogens (tertiary/aromatic N) is 1. The van der Waals surface area contributed by atoms with Crippen LogP contribution in [-0.4, -0.2) is 30.8 Å². The monoisotopic (exact) mass is 268 g/mol. The first-order chi connectivity index (χ1) is 8.70. The maximum absolute atomic E-state index is 9.55. The van der Waals surface area contributed by atoms with E-state index in [4.69, 9.17) is 11.6 Å². The normalized spacial score (nSPS) is 19.5. The summed E-state index contributed by atoms with van der Waals surface area (Å²) >= 11 is 6.32. The molecule has 1 unspecified atom stereocenters. The molecule has 2 rings (SSSR count). The Morgan fingerprint density at radius 2 is 2.33 bits per heavy atom. The highest BCUT2D eigenvalue weighted by atomic mass is 35.5. The second-order valence-electron chi connectivity index (χ2n) is 4.85. The molecular formula is C14H21ClN2O. The van der Waals surface area contributed by atoms with Crippen molar-refractivity contribution < 1.29 is 5.11 Å². The van der Waals surface area contributed by atoms with Crippen LogP contribution in [0.25, 0.3) is 0 Å². The molecule has 4 heteroatoms. The van der Waals surface area contributed by atoms with Gasteiger partial charge in [-0.1, -0.05) is 24.6 Å². The van der Waals surface area contributed by atoms with E-state index in [9.17, 15) is 5.11 Å². The third-order valence-electron chi connectivity index (χ3n) is 3.27. The third kappa shape index (κ3) is 3.37. The van der Waals surface area contributed by atoms with Crippen LogP contribution in [-0.2, 0) is 6.54 Å². The molecule has 100 valence electrons.